The monoisotopic (exact) mass is 851 g/mol. The summed E-state index contributed by atoms with van der Waals surface area (Å²) >= 11 is 0. The van der Waals surface area contributed by atoms with Gasteiger partial charge >= 0.3 is 0 Å². The molecule has 2 spiro atoms. The molecule has 0 aliphatic heterocycles. The Labute approximate surface area is 386 Å². The largest absolute Gasteiger partial charge is 0.456 e. The maximum absolute atomic E-state index is 6.60. The van der Waals surface area contributed by atoms with Gasteiger partial charge in [0.15, 0.2) is 0 Å². The number of fused-ring (bicyclic) bond motifs is 24. The molecule has 0 N–H and O–H groups in total. The van der Waals surface area contributed by atoms with Crippen LogP contribution < -0.4 is 4.90 Å². The van der Waals surface area contributed by atoms with E-state index in [0.717, 1.165) is 60.9 Å². The fourth-order valence-corrected chi connectivity index (χ4v) is 13.3. The van der Waals surface area contributed by atoms with Gasteiger partial charge in [-0.15, -0.1) is 0 Å². The lowest BCUT2D eigenvalue weighted by Gasteiger charge is -2.35. The molecule has 0 saturated carbocycles. The van der Waals surface area contributed by atoms with Gasteiger partial charge in [-0.2, -0.15) is 0 Å². The minimum Gasteiger partial charge on any atom is -0.456 e. The predicted molar refractivity (Wildman–Crippen MR) is 272 cm³/mol. The summed E-state index contributed by atoms with van der Waals surface area (Å²) in [4.78, 5) is 2.42. The quantitative estimate of drug-likeness (QED) is 0.177. The van der Waals surface area contributed by atoms with Crippen molar-refractivity contribution in [1.29, 1.82) is 0 Å². The van der Waals surface area contributed by atoms with Gasteiger partial charge in [-0.05, 0) is 133 Å². The lowest BCUT2D eigenvalue weighted by atomic mass is 9.66. The number of furan rings is 2. The number of allylic oxidation sites excluding steroid dienone is 2. The molecule has 0 amide bonds. The predicted octanol–water partition coefficient (Wildman–Crippen LogP) is 16.5. The molecule has 0 atom stereocenters. The number of anilines is 3. The van der Waals surface area contributed by atoms with Crippen molar-refractivity contribution in [2.45, 2.75) is 10.8 Å². The molecular weight excluding hydrogens is 815 g/mol. The summed E-state index contributed by atoms with van der Waals surface area (Å²) in [6.07, 6.45) is 0. The molecule has 10 aromatic carbocycles. The van der Waals surface area contributed by atoms with Gasteiger partial charge in [-0.3, -0.25) is 0 Å². The number of benzene rings is 10. The van der Waals surface area contributed by atoms with E-state index in [1.165, 1.54) is 77.9 Å². The van der Waals surface area contributed by atoms with Crippen LogP contribution in [0.15, 0.2) is 233 Å². The topological polar surface area (TPSA) is 29.5 Å². The zero-order chi connectivity index (χ0) is 43.6. The van der Waals surface area contributed by atoms with Gasteiger partial charge in [0, 0.05) is 44.7 Å². The zero-order valence-electron chi connectivity index (χ0n) is 36.1. The molecular formula is C64H37NO2. The molecule has 2 aromatic heterocycles. The summed E-state index contributed by atoms with van der Waals surface area (Å²) in [5.74, 6) is 0. The first-order valence-electron chi connectivity index (χ1n) is 23.2. The highest BCUT2D eigenvalue weighted by molar-refractivity contribution is 6.20. The maximum atomic E-state index is 6.60. The van der Waals surface area contributed by atoms with Crippen molar-refractivity contribution in [2.24, 2.45) is 0 Å². The van der Waals surface area contributed by atoms with E-state index < -0.39 is 10.8 Å². The normalized spacial score (nSPS) is 15.0. The molecule has 310 valence electrons. The van der Waals surface area contributed by atoms with E-state index in [2.05, 4.69) is 217 Å². The van der Waals surface area contributed by atoms with Gasteiger partial charge in [-0.1, -0.05) is 164 Å². The smallest absolute Gasteiger partial charge is 0.137 e. The Hall–Kier alpha value is -8.66. The molecule has 4 aliphatic rings. The number of rotatable bonds is 3. The second-order valence-corrected chi connectivity index (χ2v) is 18.6. The molecule has 2 heterocycles. The van der Waals surface area contributed by atoms with E-state index >= 15 is 0 Å². The standard InChI is InChI=1S/C64H37NO2/c1-8-22-51-41(15-1)42-16-2-9-23-52(42)63(51)55-26-12-5-21-48(55)61-62(63)49-33-30-39(36-56(49)64(61)53-24-10-3-17-43(53)44-18-4-11-25-54(44)64)65(38-31-34-59-50(35-38)46-20-7-14-28-58(46)66-59)40-29-32-47-45-19-6-13-27-57(45)67-60(47)37-40/h1-37H. The van der Waals surface area contributed by atoms with E-state index in [1.807, 2.05) is 12.1 Å². The molecule has 3 nitrogen and oxygen atoms in total. The number of nitrogens with zero attached hydrogens (tertiary/aromatic N) is 1. The van der Waals surface area contributed by atoms with Crippen LogP contribution in [0.25, 0.3) is 77.3 Å². The summed E-state index contributed by atoms with van der Waals surface area (Å²) in [7, 11) is 0. The first-order valence-corrected chi connectivity index (χ1v) is 23.2. The van der Waals surface area contributed by atoms with Crippen LogP contribution in [0, 0.1) is 0 Å². The third-order valence-electron chi connectivity index (χ3n) is 15.7. The van der Waals surface area contributed by atoms with Crippen molar-refractivity contribution in [3.05, 3.63) is 269 Å². The van der Waals surface area contributed by atoms with Gasteiger partial charge in [0.25, 0.3) is 0 Å². The fourth-order valence-electron chi connectivity index (χ4n) is 13.3. The van der Waals surface area contributed by atoms with Crippen LogP contribution in [-0.4, -0.2) is 0 Å². The van der Waals surface area contributed by atoms with Crippen LogP contribution >= 0.6 is 0 Å². The van der Waals surface area contributed by atoms with Crippen LogP contribution in [0.2, 0.25) is 0 Å². The van der Waals surface area contributed by atoms with Crippen molar-refractivity contribution in [1.82, 2.24) is 0 Å². The second-order valence-electron chi connectivity index (χ2n) is 18.6. The van der Waals surface area contributed by atoms with Gasteiger partial charge in [0.2, 0.25) is 0 Å². The van der Waals surface area contributed by atoms with E-state index in [9.17, 15) is 0 Å². The molecule has 4 aliphatic carbocycles. The van der Waals surface area contributed by atoms with Crippen LogP contribution in [0.1, 0.15) is 44.5 Å². The molecule has 0 saturated heterocycles. The summed E-state index contributed by atoms with van der Waals surface area (Å²) in [5.41, 5.74) is 24.1. The van der Waals surface area contributed by atoms with E-state index in [4.69, 9.17) is 8.83 Å². The highest BCUT2D eigenvalue weighted by Crippen LogP contribution is 2.74. The average molecular weight is 852 g/mol. The van der Waals surface area contributed by atoms with Crippen molar-refractivity contribution in [2.75, 3.05) is 4.90 Å². The van der Waals surface area contributed by atoms with Gasteiger partial charge in [0.1, 0.15) is 22.3 Å². The van der Waals surface area contributed by atoms with Crippen molar-refractivity contribution in [3.8, 4) is 22.3 Å². The minimum absolute atomic E-state index is 0.523. The molecule has 0 radical (unpaired) electrons. The maximum Gasteiger partial charge on any atom is 0.137 e. The van der Waals surface area contributed by atoms with Crippen LogP contribution in [0.3, 0.4) is 0 Å². The number of hydrogen-bond donors (Lipinski definition) is 0. The summed E-state index contributed by atoms with van der Waals surface area (Å²) in [6.45, 7) is 0. The summed E-state index contributed by atoms with van der Waals surface area (Å²) in [5, 5.41) is 4.40. The van der Waals surface area contributed by atoms with Gasteiger partial charge in [-0.25, -0.2) is 0 Å². The highest BCUT2D eigenvalue weighted by Gasteiger charge is 2.63. The SMILES string of the molecule is c1ccc2c(c1)C1=C(c3ccc(N(c4ccc5c(c4)oc4ccccc45)c4ccc5oc6ccccc6c5c4)cc3C13c1ccccc1-c1ccccc13)C21c2ccccc2-c2ccccc21. The lowest BCUT2D eigenvalue weighted by molar-refractivity contribution is 0.668. The first-order chi connectivity index (χ1) is 33.2. The highest BCUT2D eigenvalue weighted by atomic mass is 16.3. The molecule has 16 rings (SSSR count). The van der Waals surface area contributed by atoms with Crippen molar-refractivity contribution >= 4 is 72.1 Å². The molecule has 3 heteroatoms. The number of para-hydroxylation sites is 2. The molecule has 0 bridgehead atoms. The summed E-state index contributed by atoms with van der Waals surface area (Å²) in [6, 6.07) is 83.3. The number of hydrogen-bond acceptors (Lipinski definition) is 3. The first kappa shape index (κ1) is 35.7. The van der Waals surface area contributed by atoms with Crippen LogP contribution in [0.5, 0.6) is 0 Å². The zero-order valence-corrected chi connectivity index (χ0v) is 36.1. The third kappa shape index (κ3) is 4.25. The van der Waals surface area contributed by atoms with Gasteiger partial charge in [0.05, 0.1) is 10.8 Å². The van der Waals surface area contributed by atoms with E-state index in [-0.39, 0.29) is 0 Å². The van der Waals surface area contributed by atoms with Gasteiger partial charge < -0.3 is 13.7 Å². The van der Waals surface area contributed by atoms with E-state index in [0.29, 0.717) is 0 Å². The molecule has 0 unspecified atom stereocenters. The molecule has 67 heavy (non-hydrogen) atoms. The Morgan fingerprint density at radius 2 is 0.627 bits per heavy atom. The second kappa shape index (κ2) is 12.6. The molecule has 12 aromatic rings. The fraction of sp³-hybridized carbons (Fsp3) is 0.0312. The van der Waals surface area contributed by atoms with Crippen LogP contribution in [-0.2, 0) is 10.8 Å². The van der Waals surface area contributed by atoms with E-state index in [1.54, 1.807) is 0 Å². The Bertz CT molecular complexity index is 4110. The third-order valence-corrected chi connectivity index (χ3v) is 15.7. The summed E-state index contributed by atoms with van der Waals surface area (Å²) < 4.78 is 13.0. The lowest BCUT2D eigenvalue weighted by Crippen LogP contribution is -2.28. The van der Waals surface area contributed by atoms with Crippen molar-refractivity contribution in [3.63, 3.8) is 0 Å². The Kier molecular flexibility index (Phi) is 6.69. The van der Waals surface area contributed by atoms with Crippen molar-refractivity contribution < 1.29 is 8.83 Å². The minimum atomic E-state index is -0.612. The Balaban J connectivity index is 1.03. The molecule has 0 fully saturated rings. The van der Waals surface area contributed by atoms with Crippen LogP contribution in [0.4, 0.5) is 17.1 Å². The Morgan fingerprint density at radius 3 is 1.22 bits per heavy atom. The average Bonchev–Trinajstić information content (AvgIpc) is 4.21. The Morgan fingerprint density at radius 1 is 0.254 bits per heavy atom.